The number of aromatic amines is 1. The van der Waals surface area contributed by atoms with Gasteiger partial charge in [-0.2, -0.15) is 0 Å². The number of aromatic nitrogens is 2. The number of carbonyl (C=O) groups is 2. The number of carbonyl (C=O) groups excluding carboxylic acids is 1. The van der Waals surface area contributed by atoms with Crippen LogP contribution in [0, 0.1) is 0 Å². The lowest BCUT2D eigenvalue weighted by Crippen LogP contribution is -2.31. The largest absolute Gasteiger partial charge is 0.494 e. The molecule has 9 heteroatoms. The van der Waals surface area contributed by atoms with Gasteiger partial charge in [-0.1, -0.05) is 6.07 Å². The van der Waals surface area contributed by atoms with Gasteiger partial charge in [-0.3, -0.25) is 14.6 Å². The van der Waals surface area contributed by atoms with Crippen molar-refractivity contribution < 1.29 is 19.4 Å². The van der Waals surface area contributed by atoms with Crippen LogP contribution in [0.3, 0.4) is 0 Å². The van der Waals surface area contributed by atoms with Gasteiger partial charge in [-0.05, 0) is 72.9 Å². The highest BCUT2D eigenvalue weighted by Crippen LogP contribution is 2.52. The van der Waals surface area contributed by atoms with Crippen molar-refractivity contribution >= 4 is 34.1 Å². The highest BCUT2D eigenvalue weighted by atomic mass is 32.1. The maximum Gasteiger partial charge on any atom is 0.341 e. The maximum absolute atomic E-state index is 13.0. The van der Waals surface area contributed by atoms with Crippen molar-refractivity contribution in [1.82, 2.24) is 15.3 Å². The summed E-state index contributed by atoms with van der Waals surface area (Å²) in [6.45, 7) is 0. The number of carboxylic acids is 1. The maximum atomic E-state index is 13.0. The van der Waals surface area contributed by atoms with Crippen LogP contribution < -0.4 is 15.5 Å². The Hall–Kier alpha value is -3.98. The summed E-state index contributed by atoms with van der Waals surface area (Å²) >= 11 is 1.71. The molecule has 0 bridgehead atoms. The molecule has 0 spiro atoms. The summed E-state index contributed by atoms with van der Waals surface area (Å²) in [5, 5.41) is 13.0. The molecule has 38 heavy (non-hydrogen) atoms. The highest BCUT2D eigenvalue weighted by Gasteiger charge is 2.33. The highest BCUT2D eigenvalue weighted by molar-refractivity contribution is 7.15. The van der Waals surface area contributed by atoms with Crippen molar-refractivity contribution in [3.63, 3.8) is 0 Å². The fraction of sp³-hybridized carbons (Fsp3) is 0.310. The van der Waals surface area contributed by atoms with Gasteiger partial charge in [0.1, 0.15) is 5.56 Å². The first-order valence-corrected chi connectivity index (χ1v) is 13.6. The van der Waals surface area contributed by atoms with Gasteiger partial charge < -0.3 is 20.1 Å². The number of pyridine rings is 2. The van der Waals surface area contributed by atoms with Gasteiger partial charge in [-0.25, -0.2) is 4.79 Å². The third-order valence-electron chi connectivity index (χ3n) is 7.40. The number of aromatic carboxylic acids is 1. The van der Waals surface area contributed by atoms with Crippen LogP contribution in [0.25, 0.3) is 21.3 Å². The normalized spacial score (nSPS) is 16.7. The molecule has 1 aromatic carbocycles. The summed E-state index contributed by atoms with van der Waals surface area (Å²) < 4.78 is 5.89. The summed E-state index contributed by atoms with van der Waals surface area (Å²) in [4.78, 5) is 46.8. The quantitative estimate of drug-likeness (QED) is 0.311. The van der Waals surface area contributed by atoms with Gasteiger partial charge in [0, 0.05) is 33.9 Å². The standard InChI is InChI=1S/C29H27N3O5S/c1-37-28-25(17(16-7-8-16)11-19-26(28)31-14-20(27(19)34)29(35)36)23-12-18-21(5-2-6-22(18)38-23)32-24(33)10-15-4-3-9-30-13-15/h3-4,9,11-14,16,21H,2,5-8,10H2,1H3,(H,31,34)(H,32,33)(H,35,36). The summed E-state index contributed by atoms with van der Waals surface area (Å²) in [5.41, 5.74) is 3.66. The van der Waals surface area contributed by atoms with Crippen LogP contribution in [0.2, 0.25) is 0 Å². The van der Waals surface area contributed by atoms with Gasteiger partial charge in [-0.15, -0.1) is 11.3 Å². The van der Waals surface area contributed by atoms with E-state index in [4.69, 9.17) is 4.74 Å². The number of hydrogen-bond acceptors (Lipinski definition) is 6. The second kappa shape index (κ2) is 9.72. The molecule has 8 nitrogen and oxygen atoms in total. The van der Waals surface area contributed by atoms with Crippen molar-refractivity contribution in [1.29, 1.82) is 0 Å². The molecule has 194 valence electrons. The molecule has 3 N–H and O–H groups in total. The van der Waals surface area contributed by atoms with Gasteiger partial charge in [0.25, 0.3) is 0 Å². The van der Waals surface area contributed by atoms with Crippen molar-refractivity contribution in [2.24, 2.45) is 0 Å². The molecule has 0 aliphatic heterocycles. The van der Waals surface area contributed by atoms with Crippen LogP contribution in [-0.2, 0) is 17.6 Å². The molecule has 1 fully saturated rings. The molecule has 1 saturated carbocycles. The molecule has 0 radical (unpaired) electrons. The number of nitrogens with one attached hydrogen (secondary N) is 2. The number of amides is 1. The summed E-state index contributed by atoms with van der Waals surface area (Å²) in [7, 11) is 1.58. The molecule has 1 atom stereocenters. The van der Waals surface area contributed by atoms with Crippen molar-refractivity contribution in [3.8, 4) is 16.2 Å². The van der Waals surface area contributed by atoms with Gasteiger partial charge >= 0.3 is 5.97 Å². The first-order chi connectivity index (χ1) is 18.4. The van der Waals surface area contributed by atoms with E-state index in [1.165, 1.54) is 11.1 Å². The molecule has 4 aromatic rings. The predicted molar refractivity (Wildman–Crippen MR) is 145 cm³/mol. The third-order valence-corrected chi connectivity index (χ3v) is 8.62. The Morgan fingerprint density at radius 3 is 2.79 bits per heavy atom. The Bertz CT molecular complexity index is 1620. The number of H-pyrrole nitrogens is 1. The van der Waals surface area contributed by atoms with Crippen molar-refractivity contribution in [3.05, 3.63) is 80.2 Å². The van der Waals surface area contributed by atoms with Gasteiger partial charge in [0.05, 0.1) is 30.5 Å². The minimum Gasteiger partial charge on any atom is -0.494 e. The zero-order valence-electron chi connectivity index (χ0n) is 20.9. The van der Waals surface area contributed by atoms with Crippen molar-refractivity contribution in [2.75, 3.05) is 7.11 Å². The van der Waals surface area contributed by atoms with Crippen LogP contribution in [0.15, 0.2) is 47.7 Å². The van der Waals surface area contributed by atoms with E-state index in [1.54, 1.807) is 30.8 Å². The van der Waals surface area contributed by atoms with Crippen LogP contribution in [0.4, 0.5) is 0 Å². The molecular weight excluding hydrogens is 502 g/mol. The number of ether oxygens (including phenoxy) is 1. The lowest BCUT2D eigenvalue weighted by atomic mass is 9.91. The van der Waals surface area contributed by atoms with Crippen molar-refractivity contribution in [2.45, 2.75) is 50.5 Å². The third kappa shape index (κ3) is 4.36. The second-order valence-corrected chi connectivity index (χ2v) is 11.1. The monoisotopic (exact) mass is 529 g/mol. The molecular formula is C29H27N3O5S. The fourth-order valence-electron chi connectivity index (χ4n) is 5.45. The number of carboxylic acid groups (broad SMARTS) is 1. The molecule has 3 aromatic heterocycles. The summed E-state index contributed by atoms with van der Waals surface area (Å²) in [6.07, 6.45) is 9.76. The van der Waals surface area contributed by atoms with Crippen LogP contribution in [-0.4, -0.2) is 34.1 Å². The van der Waals surface area contributed by atoms with Gasteiger partial charge in [0.2, 0.25) is 11.3 Å². The number of rotatable bonds is 7. The Labute approximate surface area is 222 Å². The first kappa shape index (κ1) is 24.4. The zero-order chi connectivity index (χ0) is 26.4. The molecule has 1 amide bonds. The lowest BCUT2D eigenvalue weighted by Gasteiger charge is -2.23. The lowest BCUT2D eigenvalue weighted by molar-refractivity contribution is -0.121. The Kier molecular flexibility index (Phi) is 6.23. The molecule has 6 rings (SSSR count). The smallest absolute Gasteiger partial charge is 0.341 e. The predicted octanol–water partition coefficient (Wildman–Crippen LogP) is 4.97. The van der Waals surface area contributed by atoms with E-state index in [1.807, 2.05) is 18.2 Å². The fourth-order valence-corrected chi connectivity index (χ4v) is 6.78. The minimum absolute atomic E-state index is 0.0302. The molecule has 3 heterocycles. The molecule has 2 aliphatic rings. The zero-order valence-corrected chi connectivity index (χ0v) is 21.7. The first-order valence-electron chi connectivity index (χ1n) is 12.8. The van der Waals surface area contributed by atoms with E-state index in [0.717, 1.165) is 59.2 Å². The Morgan fingerprint density at radius 2 is 2.08 bits per heavy atom. The topological polar surface area (TPSA) is 121 Å². The Balaban J connectivity index is 1.41. The van der Waals surface area contributed by atoms with E-state index in [9.17, 15) is 19.5 Å². The number of hydrogen-bond donors (Lipinski definition) is 3. The molecule has 2 aliphatic carbocycles. The molecule has 0 saturated heterocycles. The molecule has 1 unspecified atom stereocenters. The minimum atomic E-state index is -1.26. The van der Waals surface area contributed by atoms with Crippen LogP contribution >= 0.6 is 11.3 Å². The van der Waals surface area contributed by atoms with E-state index >= 15 is 0 Å². The van der Waals surface area contributed by atoms with E-state index < -0.39 is 11.4 Å². The van der Waals surface area contributed by atoms with E-state index in [2.05, 4.69) is 21.4 Å². The van der Waals surface area contributed by atoms with Gasteiger partial charge in [0.15, 0.2) is 5.75 Å². The number of aryl methyl sites for hydroxylation is 1. The van der Waals surface area contributed by atoms with E-state index in [0.29, 0.717) is 22.6 Å². The number of thiophene rings is 1. The number of methoxy groups -OCH3 is 1. The second-order valence-electron chi connectivity index (χ2n) is 9.95. The van der Waals surface area contributed by atoms with Crippen LogP contribution in [0.1, 0.15) is 69.6 Å². The number of fused-ring (bicyclic) bond motifs is 2. The average Bonchev–Trinajstić information content (AvgIpc) is 3.66. The summed E-state index contributed by atoms with van der Waals surface area (Å²) in [6, 6.07) is 7.67. The SMILES string of the molecule is COc1c(-c2cc3c(s2)CCCC3NC(=O)Cc2cccnc2)c(C2CC2)cc2c(=O)c(C(=O)O)c[nH]c12. The number of nitrogens with zero attached hydrogens (tertiary/aromatic N) is 1. The Morgan fingerprint density at radius 1 is 1.24 bits per heavy atom. The average molecular weight is 530 g/mol. The summed E-state index contributed by atoms with van der Waals surface area (Å²) in [5.74, 6) is -0.441. The van der Waals surface area contributed by atoms with Crippen LogP contribution in [0.5, 0.6) is 5.75 Å². The number of benzene rings is 1. The van der Waals surface area contributed by atoms with E-state index in [-0.39, 0.29) is 23.9 Å².